The molecule has 0 aromatic rings. The van der Waals surface area contributed by atoms with Gasteiger partial charge in [-0.15, -0.1) is 0 Å². The standard InChI is InChI=1S/C31H53NO/c1-8-29(33)32(7)24-16-18-30(5)23(20-24)12-13-25-27-15-14-26(22(4)11-9-10-21(2)3)31(27,6)19-17-28(25)30/h8,21-28H,1,9-20H2,2-7H3/t22-,23+,24+,25+,26-,27+,28+,30+,31-/m1/s1. The van der Waals surface area contributed by atoms with Crippen molar-refractivity contribution in [2.45, 2.75) is 118 Å². The van der Waals surface area contributed by atoms with Crippen LogP contribution in [0.3, 0.4) is 0 Å². The zero-order valence-corrected chi connectivity index (χ0v) is 22.7. The quantitative estimate of drug-likeness (QED) is 0.355. The number of rotatable bonds is 7. The first-order chi connectivity index (χ1) is 15.6. The minimum atomic E-state index is 0.102. The minimum absolute atomic E-state index is 0.102. The molecule has 0 radical (unpaired) electrons. The Morgan fingerprint density at radius 3 is 2.36 bits per heavy atom. The lowest BCUT2D eigenvalue weighted by molar-refractivity contribution is -0.137. The van der Waals surface area contributed by atoms with Crippen LogP contribution < -0.4 is 0 Å². The van der Waals surface area contributed by atoms with Gasteiger partial charge in [0.1, 0.15) is 0 Å². The molecule has 4 rings (SSSR count). The molecule has 0 unspecified atom stereocenters. The van der Waals surface area contributed by atoms with Gasteiger partial charge in [0.2, 0.25) is 5.91 Å². The molecule has 4 aliphatic rings. The third kappa shape index (κ3) is 4.47. The molecule has 0 aromatic heterocycles. The van der Waals surface area contributed by atoms with Gasteiger partial charge in [-0.25, -0.2) is 0 Å². The van der Waals surface area contributed by atoms with Gasteiger partial charge < -0.3 is 4.90 Å². The summed E-state index contributed by atoms with van der Waals surface area (Å²) in [5.41, 5.74) is 1.09. The predicted octanol–water partition coefficient (Wildman–Crippen LogP) is 8.12. The van der Waals surface area contributed by atoms with Crippen LogP contribution in [0.4, 0.5) is 0 Å². The highest BCUT2D eigenvalue weighted by atomic mass is 16.2. The van der Waals surface area contributed by atoms with E-state index >= 15 is 0 Å². The van der Waals surface area contributed by atoms with Gasteiger partial charge in [0.25, 0.3) is 0 Å². The van der Waals surface area contributed by atoms with Crippen molar-refractivity contribution in [2.24, 2.45) is 52.3 Å². The van der Waals surface area contributed by atoms with Crippen molar-refractivity contribution < 1.29 is 4.79 Å². The van der Waals surface area contributed by atoms with Crippen molar-refractivity contribution in [3.8, 4) is 0 Å². The number of amides is 1. The summed E-state index contributed by atoms with van der Waals surface area (Å²) < 4.78 is 0. The Balaban J connectivity index is 1.43. The first kappa shape index (κ1) is 25.3. The third-order valence-electron chi connectivity index (χ3n) is 11.9. The Morgan fingerprint density at radius 1 is 0.970 bits per heavy atom. The number of carbonyl (C=O) groups excluding carboxylic acids is 1. The molecule has 0 heterocycles. The molecule has 4 fully saturated rings. The average Bonchev–Trinajstić information content (AvgIpc) is 3.14. The lowest BCUT2D eigenvalue weighted by atomic mass is 9.44. The second kappa shape index (κ2) is 9.69. The lowest BCUT2D eigenvalue weighted by Gasteiger charge is -2.61. The van der Waals surface area contributed by atoms with E-state index in [-0.39, 0.29) is 5.91 Å². The molecule has 2 heteroatoms. The van der Waals surface area contributed by atoms with Crippen molar-refractivity contribution in [1.82, 2.24) is 4.90 Å². The van der Waals surface area contributed by atoms with Gasteiger partial charge in [0, 0.05) is 13.1 Å². The van der Waals surface area contributed by atoms with E-state index in [0.717, 1.165) is 41.4 Å². The first-order valence-corrected chi connectivity index (χ1v) is 14.5. The summed E-state index contributed by atoms with van der Waals surface area (Å²) in [6, 6.07) is 0.418. The smallest absolute Gasteiger partial charge is 0.245 e. The van der Waals surface area contributed by atoms with E-state index < -0.39 is 0 Å². The highest BCUT2D eigenvalue weighted by Crippen LogP contribution is 2.68. The number of fused-ring (bicyclic) bond motifs is 5. The summed E-state index contributed by atoms with van der Waals surface area (Å²) in [5, 5.41) is 0. The zero-order valence-electron chi connectivity index (χ0n) is 22.7. The maximum Gasteiger partial charge on any atom is 0.245 e. The molecule has 0 saturated heterocycles. The molecule has 33 heavy (non-hydrogen) atoms. The molecule has 1 amide bonds. The summed E-state index contributed by atoms with van der Waals surface area (Å²) in [5.74, 6) is 6.45. The zero-order chi connectivity index (χ0) is 24.0. The number of hydrogen-bond donors (Lipinski definition) is 0. The number of likely N-dealkylation sites (N-methyl/N-ethyl adjacent to an activating group) is 1. The lowest BCUT2D eigenvalue weighted by Crippen LogP contribution is -2.55. The Bertz CT molecular complexity index is 714. The Kier molecular flexibility index (Phi) is 7.43. The molecule has 9 atom stereocenters. The summed E-state index contributed by atoms with van der Waals surface area (Å²) in [4.78, 5) is 14.2. The summed E-state index contributed by atoms with van der Waals surface area (Å²) in [7, 11) is 2.00. The summed E-state index contributed by atoms with van der Waals surface area (Å²) in [6.07, 6.45) is 18.2. The molecule has 0 aliphatic heterocycles. The van der Waals surface area contributed by atoms with E-state index in [0.29, 0.717) is 16.9 Å². The molecule has 188 valence electrons. The van der Waals surface area contributed by atoms with Crippen molar-refractivity contribution in [2.75, 3.05) is 7.05 Å². The van der Waals surface area contributed by atoms with Crippen LogP contribution in [0.1, 0.15) is 112 Å². The van der Waals surface area contributed by atoms with E-state index in [9.17, 15) is 4.79 Å². The maximum atomic E-state index is 12.2. The van der Waals surface area contributed by atoms with Crippen LogP contribution in [0.2, 0.25) is 0 Å². The average molecular weight is 456 g/mol. The number of carbonyl (C=O) groups is 1. The van der Waals surface area contributed by atoms with Crippen LogP contribution >= 0.6 is 0 Å². The number of nitrogens with zero attached hydrogens (tertiary/aromatic N) is 1. The second-order valence-electron chi connectivity index (χ2n) is 13.8. The van der Waals surface area contributed by atoms with Crippen molar-refractivity contribution in [3.63, 3.8) is 0 Å². The molecule has 4 aliphatic carbocycles. The summed E-state index contributed by atoms with van der Waals surface area (Å²) in [6.45, 7) is 16.4. The molecular weight excluding hydrogens is 402 g/mol. The Labute approximate surface area is 205 Å². The fourth-order valence-electron chi connectivity index (χ4n) is 9.94. The summed E-state index contributed by atoms with van der Waals surface area (Å²) >= 11 is 0. The monoisotopic (exact) mass is 455 g/mol. The van der Waals surface area contributed by atoms with Gasteiger partial charge >= 0.3 is 0 Å². The van der Waals surface area contributed by atoms with E-state index in [1.807, 2.05) is 11.9 Å². The van der Waals surface area contributed by atoms with Crippen LogP contribution in [-0.2, 0) is 4.79 Å². The van der Waals surface area contributed by atoms with Gasteiger partial charge in [-0.2, -0.15) is 0 Å². The minimum Gasteiger partial charge on any atom is -0.339 e. The molecular formula is C31H53NO. The largest absolute Gasteiger partial charge is 0.339 e. The van der Waals surface area contributed by atoms with Crippen molar-refractivity contribution in [1.29, 1.82) is 0 Å². The van der Waals surface area contributed by atoms with Crippen LogP contribution in [0.25, 0.3) is 0 Å². The predicted molar refractivity (Wildman–Crippen MR) is 140 cm³/mol. The van der Waals surface area contributed by atoms with E-state index in [1.165, 1.54) is 83.1 Å². The van der Waals surface area contributed by atoms with Gasteiger partial charge in [0.05, 0.1) is 0 Å². The van der Waals surface area contributed by atoms with E-state index in [1.54, 1.807) is 0 Å². The van der Waals surface area contributed by atoms with E-state index in [4.69, 9.17) is 0 Å². The Hall–Kier alpha value is -0.790. The molecule has 0 aromatic carbocycles. The van der Waals surface area contributed by atoms with Crippen LogP contribution in [0, 0.1) is 52.3 Å². The number of hydrogen-bond acceptors (Lipinski definition) is 1. The fourth-order valence-corrected chi connectivity index (χ4v) is 9.94. The normalized spacial score (nSPS) is 43.4. The topological polar surface area (TPSA) is 20.3 Å². The molecule has 4 saturated carbocycles. The Morgan fingerprint density at radius 2 is 1.67 bits per heavy atom. The molecule has 0 bridgehead atoms. The van der Waals surface area contributed by atoms with Gasteiger partial charge in [-0.1, -0.05) is 60.5 Å². The SMILES string of the molecule is C=CC(=O)N(C)[C@H]1CC[C@@]2(C)[C@@H](CC[C@@H]3[C@@H]2CC[C@]2(C)[C@@H]([C@H](C)CCCC(C)C)CC[C@@H]32)C1. The third-order valence-corrected chi connectivity index (χ3v) is 11.9. The highest BCUT2D eigenvalue weighted by Gasteiger charge is 2.60. The molecule has 2 nitrogen and oxygen atoms in total. The second-order valence-corrected chi connectivity index (χ2v) is 13.8. The van der Waals surface area contributed by atoms with Crippen molar-refractivity contribution in [3.05, 3.63) is 12.7 Å². The van der Waals surface area contributed by atoms with Crippen molar-refractivity contribution >= 4 is 5.91 Å². The van der Waals surface area contributed by atoms with Gasteiger partial charge in [0.15, 0.2) is 0 Å². The van der Waals surface area contributed by atoms with Gasteiger partial charge in [-0.05, 0) is 116 Å². The molecule has 0 spiro atoms. The fraction of sp³-hybridized carbons (Fsp3) is 0.903. The van der Waals surface area contributed by atoms with Crippen LogP contribution in [0.15, 0.2) is 12.7 Å². The van der Waals surface area contributed by atoms with Crippen LogP contribution in [0.5, 0.6) is 0 Å². The maximum absolute atomic E-state index is 12.2. The van der Waals surface area contributed by atoms with E-state index in [2.05, 4.69) is 41.2 Å². The highest BCUT2D eigenvalue weighted by molar-refractivity contribution is 5.87. The van der Waals surface area contributed by atoms with Crippen LogP contribution in [-0.4, -0.2) is 23.9 Å². The first-order valence-electron chi connectivity index (χ1n) is 14.5. The molecule has 0 N–H and O–H groups in total. The van der Waals surface area contributed by atoms with Gasteiger partial charge in [-0.3, -0.25) is 4.79 Å².